The van der Waals surface area contributed by atoms with Gasteiger partial charge in [-0.15, -0.1) is 0 Å². The van der Waals surface area contributed by atoms with E-state index >= 15 is 0 Å². The van der Waals surface area contributed by atoms with Gasteiger partial charge in [-0.2, -0.15) is 5.01 Å². The van der Waals surface area contributed by atoms with Crippen LogP contribution in [0.4, 0.5) is 0 Å². The summed E-state index contributed by atoms with van der Waals surface area (Å²) >= 11 is 6.35. The minimum absolute atomic E-state index is 0.240. The summed E-state index contributed by atoms with van der Waals surface area (Å²) in [4.78, 5) is 33.8. The molecule has 0 bridgehead atoms. The molecule has 144 valence electrons. The summed E-state index contributed by atoms with van der Waals surface area (Å²) in [5.41, 5.74) is 4.24. The maximum absolute atomic E-state index is 12.7. The molecule has 7 nitrogen and oxygen atoms in total. The van der Waals surface area contributed by atoms with Gasteiger partial charge in [-0.05, 0) is 54.7 Å². The molecule has 0 saturated carbocycles. The van der Waals surface area contributed by atoms with Crippen molar-refractivity contribution in [2.75, 3.05) is 7.11 Å². The standard InChI is InChI=1S/C20H14N4O3S2/c1-27-15-6-7-16-12(9-15)4-5-14(22-16)10-17-19(26)24(20(28)29-17)23-18(25)13-3-2-8-21-11-13/h2-11H,1H3,(H,23,25). The van der Waals surface area contributed by atoms with Crippen molar-refractivity contribution in [3.63, 3.8) is 0 Å². The predicted molar refractivity (Wildman–Crippen MR) is 115 cm³/mol. The zero-order valence-electron chi connectivity index (χ0n) is 15.2. The number of pyridine rings is 2. The van der Waals surface area contributed by atoms with Gasteiger partial charge in [0.1, 0.15) is 5.75 Å². The summed E-state index contributed by atoms with van der Waals surface area (Å²) in [5, 5.41) is 1.99. The number of nitrogens with zero attached hydrogens (tertiary/aromatic N) is 3. The molecule has 0 radical (unpaired) electrons. The first kappa shape index (κ1) is 19.0. The monoisotopic (exact) mass is 422 g/mol. The topological polar surface area (TPSA) is 84.4 Å². The highest BCUT2D eigenvalue weighted by Crippen LogP contribution is 2.31. The quantitative estimate of drug-likeness (QED) is 0.511. The van der Waals surface area contributed by atoms with E-state index in [4.69, 9.17) is 17.0 Å². The van der Waals surface area contributed by atoms with Gasteiger partial charge in [0.25, 0.3) is 11.8 Å². The fourth-order valence-corrected chi connectivity index (χ4v) is 3.85. The van der Waals surface area contributed by atoms with Crippen LogP contribution in [0.3, 0.4) is 0 Å². The number of ether oxygens (including phenoxy) is 1. The van der Waals surface area contributed by atoms with Crippen molar-refractivity contribution in [2.24, 2.45) is 0 Å². The Morgan fingerprint density at radius 2 is 2.14 bits per heavy atom. The Labute approximate surface area is 175 Å². The number of fused-ring (bicyclic) bond motifs is 1. The van der Waals surface area contributed by atoms with Gasteiger partial charge in [0.05, 0.1) is 28.8 Å². The van der Waals surface area contributed by atoms with E-state index in [0.29, 0.717) is 16.2 Å². The van der Waals surface area contributed by atoms with Gasteiger partial charge in [0.2, 0.25) is 0 Å². The Balaban J connectivity index is 1.55. The zero-order valence-corrected chi connectivity index (χ0v) is 16.8. The highest BCUT2D eigenvalue weighted by Gasteiger charge is 2.34. The number of hydrazine groups is 1. The van der Waals surface area contributed by atoms with Gasteiger partial charge in [-0.25, -0.2) is 4.98 Å². The van der Waals surface area contributed by atoms with Crippen molar-refractivity contribution < 1.29 is 14.3 Å². The van der Waals surface area contributed by atoms with Gasteiger partial charge < -0.3 is 4.74 Å². The maximum Gasteiger partial charge on any atom is 0.285 e. The number of amides is 2. The van der Waals surface area contributed by atoms with E-state index < -0.39 is 11.8 Å². The third kappa shape index (κ3) is 3.96. The first-order valence-corrected chi connectivity index (χ1v) is 9.71. The molecule has 1 aliphatic heterocycles. The molecular weight excluding hydrogens is 408 g/mol. The lowest BCUT2D eigenvalue weighted by Crippen LogP contribution is -2.44. The number of rotatable bonds is 4. The van der Waals surface area contributed by atoms with Crippen molar-refractivity contribution in [3.8, 4) is 5.75 Å². The highest BCUT2D eigenvalue weighted by atomic mass is 32.2. The lowest BCUT2D eigenvalue weighted by atomic mass is 10.2. The average molecular weight is 422 g/mol. The summed E-state index contributed by atoms with van der Waals surface area (Å²) in [6.07, 6.45) is 4.63. The molecule has 1 fully saturated rings. The van der Waals surface area contributed by atoms with E-state index in [1.165, 1.54) is 6.20 Å². The van der Waals surface area contributed by atoms with Crippen LogP contribution in [-0.4, -0.2) is 38.2 Å². The minimum Gasteiger partial charge on any atom is -0.497 e. The van der Waals surface area contributed by atoms with E-state index in [2.05, 4.69) is 15.4 Å². The number of thiocarbonyl (C=S) groups is 1. The van der Waals surface area contributed by atoms with Crippen LogP contribution in [0.15, 0.2) is 59.8 Å². The normalized spacial score (nSPS) is 15.2. The molecule has 0 aliphatic carbocycles. The van der Waals surface area contributed by atoms with Crippen LogP contribution >= 0.6 is 24.0 Å². The fourth-order valence-electron chi connectivity index (χ4n) is 2.69. The first-order chi connectivity index (χ1) is 14.0. The molecule has 2 amide bonds. The molecule has 0 unspecified atom stereocenters. The van der Waals surface area contributed by atoms with Crippen LogP contribution in [0.5, 0.6) is 5.75 Å². The van der Waals surface area contributed by atoms with Crippen LogP contribution < -0.4 is 10.2 Å². The van der Waals surface area contributed by atoms with Crippen LogP contribution in [0.25, 0.3) is 17.0 Å². The third-order valence-electron chi connectivity index (χ3n) is 4.13. The van der Waals surface area contributed by atoms with Crippen molar-refractivity contribution in [2.45, 2.75) is 0 Å². The lowest BCUT2D eigenvalue weighted by Gasteiger charge is -2.15. The Bertz CT molecular complexity index is 1160. The summed E-state index contributed by atoms with van der Waals surface area (Å²) < 4.78 is 5.46. The second kappa shape index (κ2) is 7.98. The molecule has 29 heavy (non-hydrogen) atoms. The lowest BCUT2D eigenvalue weighted by molar-refractivity contribution is -0.123. The van der Waals surface area contributed by atoms with Gasteiger partial charge in [-0.3, -0.25) is 20.0 Å². The molecule has 0 spiro atoms. The van der Waals surface area contributed by atoms with E-state index in [-0.39, 0.29) is 4.32 Å². The zero-order chi connectivity index (χ0) is 20.4. The molecule has 1 aromatic carbocycles. The number of methoxy groups -OCH3 is 1. The van der Waals surface area contributed by atoms with Crippen LogP contribution in [0.1, 0.15) is 16.1 Å². The molecule has 3 aromatic rings. The average Bonchev–Trinajstić information content (AvgIpc) is 3.01. The maximum atomic E-state index is 12.7. The Morgan fingerprint density at radius 3 is 2.90 bits per heavy atom. The number of hydrogen-bond acceptors (Lipinski definition) is 7. The molecule has 9 heteroatoms. The Morgan fingerprint density at radius 1 is 1.28 bits per heavy atom. The molecule has 1 aliphatic rings. The fraction of sp³-hybridized carbons (Fsp3) is 0.0500. The number of nitrogens with one attached hydrogen (secondary N) is 1. The number of hydrogen-bond donors (Lipinski definition) is 1. The smallest absolute Gasteiger partial charge is 0.285 e. The minimum atomic E-state index is -0.464. The van der Waals surface area contributed by atoms with Crippen LogP contribution in [0.2, 0.25) is 0 Å². The summed E-state index contributed by atoms with van der Waals surface area (Å²) in [6.45, 7) is 0. The summed E-state index contributed by atoms with van der Waals surface area (Å²) in [7, 11) is 1.61. The Kier molecular flexibility index (Phi) is 5.24. The third-order valence-corrected chi connectivity index (χ3v) is 5.43. The Hall–Kier alpha value is -3.30. The highest BCUT2D eigenvalue weighted by molar-refractivity contribution is 8.26. The van der Waals surface area contributed by atoms with Crippen LogP contribution in [-0.2, 0) is 4.79 Å². The second-order valence-electron chi connectivity index (χ2n) is 5.99. The van der Waals surface area contributed by atoms with Gasteiger partial charge in [-0.1, -0.05) is 17.8 Å². The number of thioether (sulfide) groups is 1. The number of carbonyl (C=O) groups is 2. The van der Waals surface area contributed by atoms with E-state index in [9.17, 15) is 9.59 Å². The molecule has 2 aromatic heterocycles. The molecule has 3 heterocycles. The van der Waals surface area contributed by atoms with E-state index in [1.54, 1.807) is 31.5 Å². The van der Waals surface area contributed by atoms with Gasteiger partial charge in [0.15, 0.2) is 4.32 Å². The van der Waals surface area contributed by atoms with Gasteiger partial charge >= 0.3 is 0 Å². The van der Waals surface area contributed by atoms with Gasteiger partial charge in [0, 0.05) is 17.8 Å². The molecule has 4 rings (SSSR count). The second-order valence-corrected chi connectivity index (χ2v) is 7.67. The number of aromatic nitrogens is 2. The number of carbonyl (C=O) groups excluding carboxylic acids is 2. The molecule has 0 atom stereocenters. The molecule has 1 saturated heterocycles. The van der Waals surface area contributed by atoms with E-state index in [1.807, 2.05) is 30.3 Å². The predicted octanol–water partition coefficient (Wildman–Crippen LogP) is 3.18. The SMILES string of the molecule is COc1ccc2nc(C=C3SC(=S)N(NC(=O)c4cccnc4)C3=O)ccc2c1. The van der Waals surface area contributed by atoms with Crippen molar-refractivity contribution in [1.29, 1.82) is 0 Å². The molecule has 1 N–H and O–H groups in total. The largest absolute Gasteiger partial charge is 0.497 e. The number of benzene rings is 1. The van der Waals surface area contributed by atoms with Crippen molar-refractivity contribution in [3.05, 3.63) is 71.0 Å². The van der Waals surface area contributed by atoms with Crippen molar-refractivity contribution >= 4 is 57.1 Å². The van der Waals surface area contributed by atoms with Crippen molar-refractivity contribution in [1.82, 2.24) is 20.4 Å². The van der Waals surface area contributed by atoms with E-state index in [0.717, 1.165) is 33.4 Å². The summed E-state index contributed by atoms with van der Waals surface area (Å²) in [5.74, 6) is -0.125. The molecular formula is C20H14N4O3S2. The van der Waals surface area contributed by atoms with Crippen LogP contribution in [0, 0.1) is 0 Å². The summed E-state index contributed by atoms with van der Waals surface area (Å²) in [6, 6.07) is 12.5. The first-order valence-electron chi connectivity index (χ1n) is 8.49.